The van der Waals surface area contributed by atoms with Crippen LogP contribution < -0.4 is 11.2 Å². The maximum atomic E-state index is 12.9. The Hall–Kier alpha value is -1.89. The summed E-state index contributed by atoms with van der Waals surface area (Å²) in [5, 5.41) is 9.83. The van der Waals surface area contributed by atoms with Crippen LogP contribution in [0.3, 0.4) is 0 Å². The van der Waals surface area contributed by atoms with Gasteiger partial charge in [-0.05, 0) is 26.1 Å². The fourth-order valence-electron chi connectivity index (χ4n) is 1.71. The molecule has 1 atom stereocenters. The van der Waals surface area contributed by atoms with E-state index in [2.05, 4.69) is 4.98 Å². The lowest BCUT2D eigenvalue weighted by atomic mass is 10.2. The second-order valence-corrected chi connectivity index (χ2v) is 3.92. The molecule has 110 valence electrons. The molecule has 0 saturated carbocycles. The van der Waals surface area contributed by atoms with Crippen molar-refractivity contribution in [3.8, 4) is 0 Å². The van der Waals surface area contributed by atoms with Crippen LogP contribution in [0.4, 0.5) is 0 Å². The third-order valence-corrected chi connectivity index (χ3v) is 2.62. The summed E-state index contributed by atoms with van der Waals surface area (Å²) in [6.45, 7) is -10.5. The minimum Gasteiger partial charge on any atom is -0.393 e. The lowest BCUT2D eigenvalue weighted by molar-refractivity contribution is 0.180. The Bertz CT molecular complexity index is 1170. The second kappa shape index (κ2) is 5.62. The van der Waals surface area contributed by atoms with Crippen molar-refractivity contribution >= 4 is 11.2 Å². The predicted octanol–water partition coefficient (Wildman–Crippen LogP) is -0.0152. The van der Waals surface area contributed by atoms with Gasteiger partial charge in [-0.15, -0.1) is 0 Å². The summed E-state index contributed by atoms with van der Waals surface area (Å²) in [6, 6.07) is 0. The van der Waals surface area contributed by atoms with Gasteiger partial charge in [0.25, 0.3) is 5.56 Å². The molecule has 0 aliphatic rings. The van der Waals surface area contributed by atoms with Gasteiger partial charge in [-0.1, -0.05) is 0 Å². The molecule has 2 aromatic rings. The van der Waals surface area contributed by atoms with Crippen LogP contribution >= 0.6 is 0 Å². The Labute approximate surface area is 134 Å². The van der Waals surface area contributed by atoms with E-state index in [1.807, 2.05) is 0 Å². The number of imidazole rings is 1. The first-order valence-corrected chi connectivity index (χ1v) is 5.54. The zero-order valence-corrected chi connectivity index (χ0v) is 10.2. The van der Waals surface area contributed by atoms with Crippen molar-refractivity contribution in [1.29, 1.82) is 0 Å². The zero-order valence-electron chi connectivity index (χ0n) is 23.2. The summed E-state index contributed by atoms with van der Waals surface area (Å²) >= 11 is 0. The molecule has 0 bridgehead atoms. The molecule has 2 heterocycles. The number of fused-ring (bicyclic) bond motifs is 1. The third-order valence-electron chi connectivity index (χ3n) is 2.62. The van der Waals surface area contributed by atoms with E-state index in [4.69, 9.17) is 17.8 Å². The number of hydrogen-bond acceptors (Lipinski definition) is 4. The molecule has 20 heavy (non-hydrogen) atoms. The van der Waals surface area contributed by atoms with Gasteiger partial charge in [0.05, 0.1) is 13.8 Å². The monoisotopic (exact) mass is 293 g/mol. The highest BCUT2D eigenvalue weighted by Crippen LogP contribution is 2.04. The first kappa shape index (κ1) is 5.14. The number of aromatic nitrogens is 4. The lowest BCUT2D eigenvalue weighted by Crippen LogP contribution is -2.39. The van der Waals surface area contributed by atoms with Gasteiger partial charge in [0, 0.05) is 35.6 Å². The molecule has 7 nitrogen and oxygen atoms in total. The van der Waals surface area contributed by atoms with Crippen molar-refractivity contribution in [3.63, 3.8) is 0 Å². The summed E-state index contributed by atoms with van der Waals surface area (Å²) in [5.74, 6) is 0. The van der Waals surface area contributed by atoms with Crippen LogP contribution in [0.5, 0.6) is 0 Å². The molecule has 0 unspecified atom stereocenters. The van der Waals surface area contributed by atoms with Crippen LogP contribution in [0.2, 0.25) is 0 Å². The summed E-state index contributed by atoms with van der Waals surface area (Å²) in [6.07, 6.45) is -8.88. The van der Waals surface area contributed by atoms with Gasteiger partial charge < -0.3 is 9.67 Å². The van der Waals surface area contributed by atoms with Crippen molar-refractivity contribution in [1.82, 2.24) is 18.7 Å². The normalized spacial score (nSPS) is 26.8. The number of hydrogen-bond donors (Lipinski definition) is 1. The quantitative estimate of drug-likeness (QED) is 0.840. The van der Waals surface area contributed by atoms with E-state index in [0.717, 1.165) is 0 Å². The number of aliphatic hydroxyl groups is 1. The van der Waals surface area contributed by atoms with Crippen LogP contribution in [0, 0.1) is 0 Å². The second-order valence-electron chi connectivity index (χ2n) is 3.92. The molecule has 0 aliphatic heterocycles. The van der Waals surface area contributed by atoms with E-state index in [-0.39, 0.29) is 9.13 Å². The Morgan fingerprint density at radius 1 is 1.55 bits per heavy atom. The Balaban J connectivity index is 2.65. The summed E-state index contributed by atoms with van der Waals surface area (Å²) in [4.78, 5) is 29.2. The summed E-state index contributed by atoms with van der Waals surface area (Å²) in [7, 11) is 0. The van der Waals surface area contributed by atoms with E-state index in [9.17, 15) is 14.7 Å². The average Bonchev–Trinajstić information content (AvgIpc) is 2.92. The predicted molar refractivity (Wildman–Crippen MR) is 75.7 cm³/mol. The SMILES string of the molecule is [2H]c1nc2c(c(=O)n(CCCC([2H])([2H])[C@]([2H])(O)C([2H])([2H])[2H])c(=O)n2C([2H])([2H])[2H])n1C([2H])([2H])[2H]. The highest BCUT2D eigenvalue weighted by Gasteiger charge is 2.14. The molecular weight excluding hydrogens is 260 g/mol. The van der Waals surface area contributed by atoms with Gasteiger partial charge in [0.2, 0.25) is 0 Å². The van der Waals surface area contributed by atoms with Gasteiger partial charge in [0.15, 0.2) is 11.2 Å². The number of rotatable bonds is 5. The van der Waals surface area contributed by atoms with Crippen molar-refractivity contribution < 1.29 is 22.9 Å². The van der Waals surface area contributed by atoms with Crippen molar-refractivity contribution in [2.24, 2.45) is 14.0 Å². The molecule has 2 rings (SSSR count). The van der Waals surface area contributed by atoms with Crippen LogP contribution in [0.25, 0.3) is 11.2 Å². The maximum absolute atomic E-state index is 12.9. The third kappa shape index (κ3) is 2.53. The van der Waals surface area contributed by atoms with Gasteiger partial charge >= 0.3 is 5.69 Å². The molecule has 1 N–H and O–H groups in total. The van der Waals surface area contributed by atoms with E-state index in [0.29, 0.717) is 4.57 Å². The van der Waals surface area contributed by atoms with Crippen LogP contribution in [-0.4, -0.2) is 29.9 Å². The van der Waals surface area contributed by atoms with Crippen molar-refractivity contribution in [2.45, 2.75) is 38.7 Å². The first-order valence-electron chi connectivity index (χ1n) is 12.0. The largest absolute Gasteiger partial charge is 0.393 e. The molecule has 0 aromatic carbocycles. The van der Waals surface area contributed by atoms with Gasteiger partial charge in [-0.3, -0.25) is 13.9 Å². The van der Waals surface area contributed by atoms with Crippen LogP contribution in [0.1, 0.15) is 43.9 Å². The topological polar surface area (TPSA) is 82.1 Å². The molecular formula is C13H20N4O3. The molecule has 0 saturated heterocycles. The van der Waals surface area contributed by atoms with E-state index in [1.54, 1.807) is 0 Å². The van der Waals surface area contributed by atoms with Crippen LogP contribution in [-0.2, 0) is 20.5 Å². The fourth-order valence-corrected chi connectivity index (χ4v) is 1.71. The molecule has 0 aliphatic carbocycles. The molecule has 0 radical (unpaired) electrons. The highest BCUT2D eigenvalue weighted by molar-refractivity contribution is 5.69. The first-order chi connectivity index (χ1) is 14.6. The smallest absolute Gasteiger partial charge is 0.332 e. The van der Waals surface area contributed by atoms with Gasteiger partial charge in [-0.25, -0.2) is 9.78 Å². The van der Waals surface area contributed by atoms with E-state index in [1.165, 1.54) is 0 Å². The average molecular weight is 293 g/mol. The molecule has 2 aromatic heterocycles. The van der Waals surface area contributed by atoms with Crippen molar-refractivity contribution in [2.75, 3.05) is 0 Å². The minimum absolute atomic E-state index is 0.0575. The highest BCUT2D eigenvalue weighted by atomic mass is 16.3. The Kier molecular flexibility index (Phi) is 1.44. The van der Waals surface area contributed by atoms with Crippen LogP contribution in [0.15, 0.2) is 15.9 Å². The Morgan fingerprint density at radius 3 is 3.10 bits per heavy atom. The molecule has 7 heteroatoms. The standard InChI is InChI=1S/C13H20N4O3/c1-9(18)6-4-5-7-17-12(19)10-11(14-8-15(10)2)16(3)13(17)20/h8-9,18H,4-7H2,1-3H3/t9-/m1/s1/i1D3,2D3,3D3,6D2,8D,9D. The van der Waals surface area contributed by atoms with Crippen molar-refractivity contribution in [3.05, 3.63) is 27.1 Å². The van der Waals surface area contributed by atoms with Gasteiger partial charge in [0.1, 0.15) is 1.37 Å². The maximum Gasteiger partial charge on any atom is 0.332 e. The van der Waals surface area contributed by atoms with E-state index >= 15 is 0 Å². The Morgan fingerprint density at radius 2 is 2.40 bits per heavy atom. The summed E-state index contributed by atoms with van der Waals surface area (Å²) < 4.78 is 97.9. The number of nitrogens with zero attached hydrogens (tertiary/aromatic N) is 4. The lowest BCUT2D eigenvalue weighted by Gasteiger charge is -2.09. The minimum atomic E-state index is -3.52. The fraction of sp³-hybridized carbons (Fsp3) is 0.615. The number of aryl methyl sites for hydroxylation is 2. The van der Waals surface area contributed by atoms with Gasteiger partial charge in [-0.2, -0.15) is 0 Å². The van der Waals surface area contributed by atoms with E-state index < -0.39 is 81.4 Å². The summed E-state index contributed by atoms with van der Waals surface area (Å²) in [5.41, 5.74) is -4.46. The molecule has 0 fully saturated rings. The molecule has 0 spiro atoms. The molecule has 0 amide bonds. The zero-order chi connectivity index (χ0) is 25.9.